The predicted octanol–water partition coefficient (Wildman–Crippen LogP) is 7.16. The summed E-state index contributed by atoms with van der Waals surface area (Å²) in [6, 6.07) is 17.5. The summed E-state index contributed by atoms with van der Waals surface area (Å²) in [5.41, 5.74) is 7.00. The standard InChI is InChI=1S/C26H21Br/c27-22-13-11-19(12-14-22)15-17-26(21-7-2-3-8-21)16-5-10-24-23-9-4-1-6-20(23)18-25(24)26/h1-14,16,18,21H,15,17H2. The van der Waals surface area contributed by atoms with Gasteiger partial charge in [-0.05, 0) is 58.9 Å². The molecule has 1 atom stereocenters. The van der Waals surface area contributed by atoms with Gasteiger partial charge in [-0.1, -0.05) is 94.9 Å². The van der Waals surface area contributed by atoms with Crippen molar-refractivity contribution in [2.75, 3.05) is 0 Å². The Morgan fingerprint density at radius 2 is 1.67 bits per heavy atom. The van der Waals surface area contributed by atoms with Crippen molar-refractivity contribution in [3.8, 4) is 0 Å². The molecule has 0 fully saturated rings. The molecule has 0 bridgehead atoms. The summed E-state index contributed by atoms with van der Waals surface area (Å²) >= 11 is 3.55. The molecule has 0 saturated carbocycles. The van der Waals surface area contributed by atoms with E-state index >= 15 is 0 Å². The van der Waals surface area contributed by atoms with Crippen LogP contribution in [0.2, 0.25) is 0 Å². The molecule has 132 valence electrons. The molecule has 0 N–H and O–H groups in total. The van der Waals surface area contributed by atoms with Crippen LogP contribution in [-0.2, 0) is 6.42 Å². The van der Waals surface area contributed by atoms with Gasteiger partial charge in [0.15, 0.2) is 0 Å². The van der Waals surface area contributed by atoms with Crippen molar-refractivity contribution in [3.63, 3.8) is 0 Å². The Morgan fingerprint density at radius 1 is 0.889 bits per heavy atom. The molecule has 0 aliphatic heterocycles. The lowest BCUT2D eigenvalue weighted by Gasteiger charge is -2.39. The molecule has 0 radical (unpaired) electrons. The smallest absolute Gasteiger partial charge is 0.0242 e. The fourth-order valence-electron chi connectivity index (χ4n) is 4.67. The van der Waals surface area contributed by atoms with E-state index in [2.05, 4.69) is 113 Å². The van der Waals surface area contributed by atoms with Crippen LogP contribution in [0.1, 0.15) is 23.1 Å². The molecule has 1 heteroatoms. The van der Waals surface area contributed by atoms with Crippen molar-refractivity contribution < 1.29 is 0 Å². The lowest BCUT2D eigenvalue weighted by molar-refractivity contribution is 0.371. The van der Waals surface area contributed by atoms with Gasteiger partial charge in [0.2, 0.25) is 0 Å². The average molecular weight is 413 g/mol. The van der Waals surface area contributed by atoms with E-state index in [0.29, 0.717) is 5.92 Å². The minimum absolute atomic E-state index is 0.0136. The molecule has 1 unspecified atom stereocenters. The number of fused-ring (bicyclic) bond motifs is 3. The van der Waals surface area contributed by atoms with Gasteiger partial charge in [-0.3, -0.25) is 0 Å². The first-order valence-electron chi connectivity index (χ1n) is 9.57. The number of rotatable bonds is 4. The van der Waals surface area contributed by atoms with E-state index in [4.69, 9.17) is 0 Å². The molecule has 5 rings (SSSR count). The van der Waals surface area contributed by atoms with E-state index in [9.17, 15) is 0 Å². The quantitative estimate of drug-likeness (QED) is 0.499. The summed E-state index contributed by atoms with van der Waals surface area (Å²) in [6.45, 7) is 0. The van der Waals surface area contributed by atoms with Crippen molar-refractivity contribution in [1.29, 1.82) is 0 Å². The van der Waals surface area contributed by atoms with E-state index in [1.807, 2.05) is 0 Å². The van der Waals surface area contributed by atoms with Crippen molar-refractivity contribution in [3.05, 3.63) is 118 Å². The van der Waals surface area contributed by atoms with E-state index in [0.717, 1.165) is 17.3 Å². The maximum absolute atomic E-state index is 3.55. The minimum atomic E-state index is 0.0136. The van der Waals surface area contributed by atoms with Crippen LogP contribution in [-0.4, -0.2) is 0 Å². The molecule has 27 heavy (non-hydrogen) atoms. The summed E-state index contributed by atoms with van der Waals surface area (Å²) in [6.07, 6.45) is 20.7. The van der Waals surface area contributed by atoms with Crippen LogP contribution >= 0.6 is 15.9 Å². The molecule has 2 aromatic rings. The Kier molecular flexibility index (Phi) is 4.13. The van der Waals surface area contributed by atoms with E-state index < -0.39 is 0 Å². The number of benzene rings is 2. The van der Waals surface area contributed by atoms with Gasteiger partial charge >= 0.3 is 0 Å². The average Bonchev–Trinajstić information content (AvgIpc) is 3.36. The summed E-state index contributed by atoms with van der Waals surface area (Å²) in [5.74, 6) is 0.411. The van der Waals surface area contributed by atoms with Gasteiger partial charge in [0.1, 0.15) is 0 Å². The molecule has 3 aliphatic carbocycles. The van der Waals surface area contributed by atoms with Crippen LogP contribution in [0, 0.1) is 11.3 Å². The maximum atomic E-state index is 3.55. The lowest BCUT2D eigenvalue weighted by Crippen LogP contribution is -2.30. The molecular weight excluding hydrogens is 392 g/mol. The third-order valence-corrected chi connectivity index (χ3v) is 6.61. The summed E-state index contributed by atoms with van der Waals surface area (Å²) in [7, 11) is 0. The number of aryl methyl sites for hydroxylation is 1. The molecule has 0 saturated heterocycles. The zero-order valence-electron chi connectivity index (χ0n) is 15.1. The van der Waals surface area contributed by atoms with Gasteiger partial charge in [0, 0.05) is 15.8 Å². The lowest BCUT2D eigenvalue weighted by atomic mass is 9.63. The van der Waals surface area contributed by atoms with Crippen LogP contribution in [0.25, 0.3) is 11.6 Å². The summed E-state index contributed by atoms with van der Waals surface area (Å²) in [5, 5.41) is 0. The molecule has 0 spiro atoms. The molecule has 2 aromatic carbocycles. The van der Waals surface area contributed by atoms with Crippen LogP contribution in [0.5, 0.6) is 0 Å². The number of allylic oxidation sites excluding steroid dienone is 9. The highest BCUT2D eigenvalue weighted by Gasteiger charge is 2.42. The SMILES string of the molecule is Brc1ccc(CCC2(C3C=CC=C3)C=CC=C3C2=Cc2ccccc23)cc1. The molecular formula is C26H21Br. The minimum Gasteiger partial charge on any atom is -0.0764 e. The van der Waals surface area contributed by atoms with Crippen LogP contribution in [0.3, 0.4) is 0 Å². The van der Waals surface area contributed by atoms with Crippen molar-refractivity contribution in [2.45, 2.75) is 12.8 Å². The second-order valence-electron chi connectivity index (χ2n) is 7.55. The fourth-order valence-corrected chi connectivity index (χ4v) is 4.93. The maximum Gasteiger partial charge on any atom is 0.0242 e. The van der Waals surface area contributed by atoms with Crippen molar-refractivity contribution in [1.82, 2.24) is 0 Å². The molecule has 0 nitrogen and oxygen atoms in total. The van der Waals surface area contributed by atoms with Gasteiger partial charge in [-0.25, -0.2) is 0 Å². The fraction of sp³-hybridized carbons (Fsp3) is 0.154. The van der Waals surface area contributed by atoms with Crippen LogP contribution in [0.4, 0.5) is 0 Å². The summed E-state index contributed by atoms with van der Waals surface area (Å²) < 4.78 is 1.14. The Labute approximate surface area is 169 Å². The largest absolute Gasteiger partial charge is 0.0764 e. The molecule has 3 aliphatic rings. The second-order valence-corrected chi connectivity index (χ2v) is 8.46. The van der Waals surface area contributed by atoms with Gasteiger partial charge in [0.25, 0.3) is 0 Å². The van der Waals surface area contributed by atoms with Gasteiger partial charge in [-0.15, -0.1) is 0 Å². The highest BCUT2D eigenvalue weighted by atomic mass is 79.9. The third kappa shape index (κ3) is 2.82. The van der Waals surface area contributed by atoms with Crippen molar-refractivity contribution >= 4 is 27.6 Å². The van der Waals surface area contributed by atoms with Gasteiger partial charge in [-0.2, -0.15) is 0 Å². The first kappa shape index (κ1) is 16.8. The van der Waals surface area contributed by atoms with Crippen molar-refractivity contribution in [2.24, 2.45) is 11.3 Å². The predicted molar refractivity (Wildman–Crippen MR) is 118 cm³/mol. The number of hydrogen-bond donors (Lipinski definition) is 0. The highest BCUT2D eigenvalue weighted by molar-refractivity contribution is 9.10. The number of hydrogen-bond acceptors (Lipinski definition) is 0. The first-order chi connectivity index (χ1) is 13.3. The van der Waals surface area contributed by atoms with E-state index in [-0.39, 0.29) is 5.41 Å². The monoisotopic (exact) mass is 412 g/mol. The Bertz CT molecular complexity index is 1020. The molecule has 0 heterocycles. The zero-order chi connectivity index (χ0) is 18.3. The Balaban J connectivity index is 1.55. The Hall–Kier alpha value is -2.38. The second kappa shape index (κ2) is 6.65. The van der Waals surface area contributed by atoms with Crippen LogP contribution < -0.4 is 0 Å². The zero-order valence-corrected chi connectivity index (χ0v) is 16.7. The third-order valence-electron chi connectivity index (χ3n) is 6.08. The molecule has 0 amide bonds. The van der Waals surface area contributed by atoms with Gasteiger partial charge in [0.05, 0.1) is 0 Å². The number of halogens is 1. The van der Waals surface area contributed by atoms with Crippen LogP contribution in [0.15, 0.2) is 101 Å². The molecule has 0 aromatic heterocycles. The Morgan fingerprint density at radius 3 is 2.48 bits per heavy atom. The van der Waals surface area contributed by atoms with E-state index in [1.54, 1.807) is 0 Å². The van der Waals surface area contributed by atoms with E-state index in [1.165, 1.54) is 27.8 Å². The first-order valence-corrected chi connectivity index (χ1v) is 10.4. The highest BCUT2D eigenvalue weighted by Crippen LogP contribution is 2.55. The van der Waals surface area contributed by atoms with Gasteiger partial charge < -0.3 is 0 Å². The topological polar surface area (TPSA) is 0 Å². The normalized spacial score (nSPS) is 22.6. The summed E-state index contributed by atoms with van der Waals surface area (Å²) in [4.78, 5) is 0.